The van der Waals surface area contributed by atoms with E-state index in [1.807, 2.05) is 0 Å². The van der Waals surface area contributed by atoms with Crippen molar-refractivity contribution in [2.24, 2.45) is 0 Å². The van der Waals surface area contributed by atoms with Gasteiger partial charge in [-0.2, -0.15) is 13.2 Å². The predicted octanol–water partition coefficient (Wildman–Crippen LogP) is 2.52. The number of hydrogen-bond acceptors (Lipinski definition) is 2. The molecule has 0 spiro atoms. The Morgan fingerprint density at radius 2 is 2.07 bits per heavy atom. The fourth-order valence-electron chi connectivity index (χ4n) is 0.838. The number of Topliss-reactive ketones (excluding diaryl/α,β-unsaturated/α-hetero) is 1. The van der Waals surface area contributed by atoms with Gasteiger partial charge in [0.05, 0.1) is 0 Å². The Morgan fingerprint density at radius 1 is 1.43 bits per heavy atom. The van der Waals surface area contributed by atoms with Gasteiger partial charge in [-0.1, -0.05) is 0 Å². The van der Waals surface area contributed by atoms with Crippen LogP contribution in [0.2, 0.25) is 0 Å². The molecule has 0 bridgehead atoms. The molecular weight excluding hydrogens is 263 g/mol. The molecule has 0 aliphatic heterocycles. The second-order valence-electron chi connectivity index (χ2n) is 2.61. The van der Waals surface area contributed by atoms with E-state index in [0.717, 1.165) is 0 Å². The molecule has 0 amide bonds. The zero-order valence-corrected chi connectivity index (χ0v) is 8.39. The first kappa shape index (κ1) is 11.2. The summed E-state index contributed by atoms with van der Waals surface area (Å²) in [6.07, 6.45) is -2.78. The molecule has 0 unspecified atom stereocenters. The number of carbonyl (C=O) groups is 1. The molecule has 14 heavy (non-hydrogen) atoms. The lowest BCUT2D eigenvalue weighted by atomic mass is 10.1. The van der Waals surface area contributed by atoms with Gasteiger partial charge in [0, 0.05) is 23.3 Å². The average Bonchev–Trinajstić information content (AvgIpc) is 2.02. The smallest absolute Gasteiger partial charge is 0.289 e. The van der Waals surface area contributed by atoms with E-state index in [2.05, 4.69) is 20.9 Å². The van der Waals surface area contributed by atoms with Crippen molar-refractivity contribution in [3.63, 3.8) is 0 Å². The summed E-state index contributed by atoms with van der Waals surface area (Å²) < 4.78 is 36.1. The molecule has 0 aromatic carbocycles. The van der Waals surface area contributed by atoms with Crippen LogP contribution in [-0.2, 0) is 11.2 Å². The molecule has 76 valence electrons. The second-order valence-corrected chi connectivity index (χ2v) is 3.52. The van der Waals surface area contributed by atoms with Crippen molar-refractivity contribution in [2.75, 3.05) is 0 Å². The van der Waals surface area contributed by atoms with Crippen molar-refractivity contribution in [1.29, 1.82) is 0 Å². The highest BCUT2D eigenvalue weighted by molar-refractivity contribution is 9.10. The van der Waals surface area contributed by atoms with Crippen LogP contribution < -0.4 is 0 Å². The van der Waals surface area contributed by atoms with E-state index >= 15 is 0 Å². The molecule has 0 N–H and O–H groups in total. The van der Waals surface area contributed by atoms with E-state index in [1.165, 1.54) is 18.5 Å². The number of hydrogen-bond donors (Lipinski definition) is 0. The minimum atomic E-state index is -4.78. The first-order valence-electron chi connectivity index (χ1n) is 3.59. The highest BCUT2D eigenvalue weighted by Gasteiger charge is 2.37. The summed E-state index contributed by atoms with van der Waals surface area (Å²) in [5.41, 5.74) is 0.238. The Morgan fingerprint density at radius 3 is 2.57 bits per heavy atom. The van der Waals surface area contributed by atoms with Crippen molar-refractivity contribution in [3.05, 3.63) is 28.5 Å². The van der Waals surface area contributed by atoms with Gasteiger partial charge >= 0.3 is 6.18 Å². The zero-order chi connectivity index (χ0) is 10.8. The summed E-state index contributed by atoms with van der Waals surface area (Å²) in [6.45, 7) is 0. The highest BCUT2D eigenvalue weighted by Crippen LogP contribution is 2.19. The summed E-state index contributed by atoms with van der Waals surface area (Å²) in [4.78, 5) is 14.2. The largest absolute Gasteiger partial charge is 0.450 e. The lowest BCUT2D eigenvalue weighted by molar-refractivity contribution is -0.170. The molecule has 0 radical (unpaired) electrons. The third kappa shape index (κ3) is 3.10. The topological polar surface area (TPSA) is 30.0 Å². The Hall–Kier alpha value is -0.910. The van der Waals surface area contributed by atoms with Crippen molar-refractivity contribution in [3.8, 4) is 0 Å². The van der Waals surface area contributed by atoms with Crippen LogP contribution in [-0.4, -0.2) is 16.9 Å². The van der Waals surface area contributed by atoms with E-state index in [9.17, 15) is 18.0 Å². The predicted molar refractivity (Wildman–Crippen MR) is 46.7 cm³/mol. The van der Waals surface area contributed by atoms with Crippen LogP contribution in [0.15, 0.2) is 22.9 Å². The molecule has 6 heteroatoms. The number of pyridine rings is 1. The van der Waals surface area contributed by atoms with Gasteiger partial charge in [-0.05, 0) is 27.6 Å². The van der Waals surface area contributed by atoms with E-state index in [0.29, 0.717) is 4.47 Å². The lowest BCUT2D eigenvalue weighted by Gasteiger charge is -2.04. The van der Waals surface area contributed by atoms with Crippen LogP contribution in [0.25, 0.3) is 0 Å². The molecule has 0 atom stereocenters. The number of alkyl halides is 3. The van der Waals surface area contributed by atoms with Gasteiger partial charge in [0.1, 0.15) is 0 Å². The van der Waals surface area contributed by atoms with Gasteiger partial charge in [-0.15, -0.1) is 0 Å². The average molecular weight is 268 g/mol. The van der Waals surface area contributed by atoms with Gasteiger partial charge in [-0.25, -0.2) is 0 Å². The maximum Gasteiger partial charge on any atom is 0.450 e. The summed E-state index contributed by atoms with van der Waals surface area (Å²) in [6, 6.07) is 1.43. The Labute approximate surface area is 86.3 Å². The van der Waals surface area contributed by atoms with Crippen LogP contribution in [0, 0.1) is 0 Å². The van der Waals surface area contributed by atoms with E-state index in [4.69, 9.17) is 0 Å². The van der Waals surface area contributed by atoms with Crippen LogP contribution in [0.1, 0.15) is 5.56 Å². The third-order valence-electron chi connectivity index (χ3n) is 1.44. The van der Waals surface area contributed by atoms with Gasteiger partial charge in [0.25, 0.3) is 0 Å². The van der Waals surface area contributed by atoms with E-state index < -0.39 is 18.4 Å². The third-order valence-corrected chi connectivity index (χ3v) is 1.88. The van der Waals surface area contributed by atoms with Gasteiger partial charge < -0.3 is 0 Å². The normalized spacial score (nSPS) is 11.4. The zero-order valence-electron chi connectivity index (χ0n) is 6.81. The fourth-order valence-corrected chi connectivity index (χ4v) is 1.25. The van der Waals surface area contributed by atoms with Gasteiger partial charge in [0.15, 0.2) is 0 Å². The summed E-state index contributed by atoms with van der Waals surface area (Å²) in [5, 5.41) is 0. The summed E-state index contributed by atoms with van der Waals surface area (Å²) in [5.74, 6) is -1.77. The number of carbonyl (C=O) groups excluding carboxylic acids is 1. The highest BCUT2D eigenvalue weighted by atomic mass is 79.9. The molecule has 1 rings (SSSR count). The van der Waals surface area contributed by atoms with Crippen molar-refractivity contribution in [1.82, 2.24) is 4.98 Å². The maximum absolute atomic E-state index is 11.9. The summed E-state index contributed by atoms with van der Waals surface area (Å²) >= 11 is 3.05. The lowest BCUT2D eigenvalue weighted by Crippen LogP contribution is -2.24. The SMILES string of the molecule is O=C(Cc1cncc(Br)c1)C(F)(F)F. The molecule has 1 heterocycles. The monoisotopic (exact) mass is 267 g/mol. The van der Waals surface area contributed by atoms with E-state index in [1.54, 1.807) is 0 Å². The minimum Gasteiger partial charge on any atom is -0.289 e. The van der Waals surface area contributed by atoms with Crippen LogP contribution >= 0.6 is 15.9 Å². The molecule has 0 saturated heterocycles. The Kier molecular flexibility index (Phi) is 3.25. The minimum absolute atomic E-state index is 0.238. The number of aromatic nitrogens is 1. The molecule has 0 aliphatic rings. The fraction of sp³-hybridized carbons (Fsp3) is 0.250. The molecule has 0 saturated carbocycles. The van der Waals surface area contributed by atoms with Crippen LogP contribution in [0.3, 0.4) is 0 Å². The summed E-state index contributed by atoms with van der Waals surface area (Å²) in [7, 11) is 0. The van der Waals surface area contributed by atoms with Crippen LogP contribution in [0.5, 0.6) is 0 Å². The molecule has 0 aliphatic carbocycles. The molecule has 2 nitrogen and oxygen atoms in total. The first-order valence-corrected chi connectivity index (χ1v) is 4.38. The number of halogens is 4. The molecular formula is C8H5BrF3NO. The quantitative estimate of drug-likeness (QED) is 0.824. The Bertz CT molecular complexity index is 351. The van der Waals surface area contributed by atoms with Crippen molar-refractivity contribution < 1.29 is 18.0 Å². The molecule has 0 fully saturated rings. The molecule has 1 aromatic heterocycles. The van der Waals surface area contributed by atoms with Gasteiger partial charge in [0.2, 0.25) is 5.78 Å². The standard InChI is InChI=1S/C8H5BrF3NO/c9-6-1-5(3-13-4-6)2-7(14)8(10,11)12/h1,3-4H,2H2. The van der Waals surface area contributed by atoms with E-state index in [-0.39, 0.29) is 5.56 Å². The van der Waals surface area contributed by atoms with Crippen LogP contribution in [0.4, 0.5) is 13.2 Å². The number of rotatable bonds is 2. The van der Waals surface area contributed by atoms with Crippen molar-refractivity contribution in [2.45, 2.75) is 12.6 Å². The van der Waals surface area contributed by atoms with Gasteiger partial charge in [-0.3, -0.25) is 9.78 Å². The number of ketones is 1. The van der Waals surface area contributed by atoms with Crippen molar-refractivity contribution >= 4 is 21.7 Å². The second kappa shape index (κ2) is 4.08. The first-order chi connectivity index (χ1) is 6.39. The Balaban J connectivity index is 2.75. The molecule has 1 aromatic rings. The maximum atomic E-state index is 11.9. The number of nitrogens with zero attached hydrogens (tertiary/aromatic N) is 1.